The van der Waals surface area contributed by atoms with Gasteiger partial charge in [-0.1, -0.05) is 25.1 Å². The highest BCUT2D eigenvalue weighted by Gasteiger charge is 2.39. The van der Waals surface area contributed by atoms with Gasteiger partial charge in [-0.2, -0.15) is 0 Å². The maximum atomic E-state index is 12.9. The van der Waals surface area contributed by atoms with E-state index in [0.717, 1.165) is 70.8 Å². The van der Waals surface area contributed by atoms with E-state index in [9.17, 15) is 4.79 Å². The minimum absolute atomic E-state index is 0.140. The number of hydrogen-bond acceptors (Lipinski definition) is 4. The molecule has 0 bridgehead atoms. The van der Waals surface area contributed by atoms with Crippen LogP contribution in [0.1, 0.15) is 41.3 Å². The third kappa shape index (κ3) is 4.85. The first-order valence-electron chi connectivity index (χ1n) is 10.7. The molecule has 3 heterocycles. The van der Waals surface area contributed by atoms with Gasteiger partial charge in [0.25, 0.3) is 5.91 Å². The molecule has 1 aromatic carbocycles. The smallest absolute Gasteiger partial charge is 0.253 e. The summed E-state index contributed by atoms with van der Waals surface area (Å²) in [4.78, 5) is 21.7. The van der Waals surface area contributed by atoms with Crippen LogP contribution in [0.2, 0.25) is 0 Å². The number of rotatable bonds is 4. The van der Waals surface area contributed by atoms with Crippen molar-refractivity contribution in [2.75, 3.05) is 39.4 Å². The zero-order valence-corrected chi connectivity index (χ0v) is 17.3. The molecular formula is C24H31N3O2. The molecule has 0 unspecified atom stereocenters. The standard InChI is InChI=1S/C24H31N3O2/c1-2-20-5-7-22(8-6-20)23(28)27-12-9-24(10-13-27)18-26(14-15-29-19-24)17-21-4-3-11-25-16-21/h3-8,11,16H,2,9-10,12-15,17-19H2,1H3. The van der Waals surface area contributed by atoms with Gasteiger partial charge in [0, 0.05) is 56.1 Å². The van der Waals surface area contributed by atoms with E-state index in [0.29, 0.717) is 0 Å². The van der Waals surface area contributed by atoms with Crippen molar-refractivity contribution in [2.45, 2.75) is 32.7 Å². The number of aryl methyl sites for hydroxylation is 1. The Hall–Kier alpha value is -2.24. The zero-order chi connectivity index (χ0) is 20.1. The molecular weight excluding hydrogens is 362 g/mol. The summed E-state index contributed by atoms with van der Waals surface area (Å²) in [7, 11) is 0. The summed E-state index contributed by atoms with van der Waals surface area (Å²) in [5, 5.41) is 0. The van der Waals surface area contributed by atoms with Crippen molar-refractivity contribution in [3.8, 4) is 0 Å². The normalized spacial score (nSPS) is 19.8. The van der Waals surface area contributed by atoms with Crippen LogP contribution in [0, 0.1) is 5.41 Å². The van der Waals surface area contributed by atoms with Crippen LogP contribution < -0.4 is 0 Å². The number of pyridine rings is 1. The Bertz CT molecular complexity index is 799. The van der Waals surface area contributed by atoms with Crippen molar-refractivity contribution >= 4 is 5.91 Å². The van der Waals surface area contributed by atoms with Gasteiger partial charge in [-0.3, -0.25) is 14.7 Å². The average Bonchev–Trinajstić information content (AvgIpc) is 2.96. The number of benzene rings is 1. The van der Waals surface area contributed by atoms with Gasteiger partial charge in [0.05, 0.1) is 13.2 Å². The molecule has 1 aromatic heterocycles. The van der Waals surface area contributed by atoms with Crippen LogP contribution in [0.5, 0.6) is 0 Å². The molecule has 0 radical (unpaired) electrons. The molecule has 0 N–H and O–H groups in total. The third-order valence-electron chi connectivity index (χ3n) is 6.37. The summed E-state index contributed by atoms with van der Waals surface area (Å²) in [5.41, 5.74) is 3.45. The quantitative estimate of drug-likeness (QED) is 0.799. The van der Waals surface area contributed by atoms with E-state index in [1.54, 1.807) is 0 Å². The summed E-state index contributed by atoms with van der Waals surface area (Å²) in [5.74, 6) is 0.157. The molecule has 4 rings (SSSR count). The van der Waals surface area contributed by atoms with Crippen molar-refractivity contribution in [1.29, 1.82) is 0 Å². The lowest BCUT2D eigenvalue weighted by Gasteiger charge is -2.42. The van der Waals surface area contributed by atoms with Gasteiger partial charge in [0.2, 0.25) is 0 Å². The van der Waals surface area contributed by atoms with Crippen molar-refractivity contribution in [3.63, 3.8) is 0 Å². The van der Waals surface area contributed by atoms with Crippen LogP contribution in [-0.2, 0) is 17.7 Å². The predicted molar refractivity (Wildman–Crippen MR) is 114 cm³/mol. The molecule has 2 saturated heterocycles. The Balaban J connectivity index is 1.38. The molecule has 0 atom stereocenters. The largest absolute Gasteiger partial charge is 0.379 e. The van der Waals surface area contributed by atoms with Gasteiger partial charge < -0.3 is 9.64 Å². The van der Waals surface area contributed by atoms with Crippen molar-refractivity contribution < 1.29 is 9.53 Å². The van der Waals surface area contributed by atoms with Gasteiger partial charge in [-0.05, 0) is 48.6 Å². The summed E-state index contributed by atoms with van der Waals surface area (Å²) >= 11 is 0. The number of amides is 1. The number of hydrogen-bond donors (Lipinski definition) is 0. The fraction of sp³-hybridized carbons (Fsp3) is 0.500. The number of carbonyl (C=O) groups excluding carboxylic acids is 1. The SMILES string of the molecule is CCc1ccc(C(=O)N2CCC3(CC2)COCCN(Cc2cccnc2)C3)cc1. The lowest BCUT2D eigenvalue weighted by molar-refractivity contribution is 0.0145. The molecule has 2 aliphatic rings. The molecule has 5 heteroatoms. The maximum absolute atomic E-state index is 12.9. The van der Waals surface area contributed by atoms with Gasteiger partial charge in [0.15, 0.2) is 0 Å². The van der Waals surface area contributed by atoms with E-state index in [-0.39, 0.29) is 11.3 Å². The fourth-order valence-corrected chi connectivity index (χ4v) is 4.52. The number of carbonyl (C=O) groups is 1. The Labute approximate surface area is 173 Å². The molecule has 154 valence electrons. The maximum Gasteiger partial charge on any atom is 0.253 e. The first-order valence-corrected chi connectivity index (χ1v) is 10.7. The topological polar surface area (TPSA) is 45.7 Å². The van der Waals surface area contributed by atoms with Gasteiger partial charge >= 0.3 is 0 Å². The molecule has 29 heavy (non-hydrogen) atoms. The number of ether oxygens (including phenoxy) is 1. The molecule has 2 aromatic rings. The van der Waals surface area contributed by atoms with Crippen LogP contribution in [0.25, 0.3) is 0 Å². The third-order valence-corrected chi connectivity index (χ3v) is 6.37. The van der Waals surface area contributed by atoms with Gasteiger partial charge in [-0.25, -0.2) is 0 Å². The Morgan fingerprint density at radius 3 is 2.59 bits per heavy atom. The van der Waals surface area contributed by atoms with Gasteiger partial charge in [0.1, 0.15) is 0 Å². The van der Waals surface area contributed by atoms with E-state index >= 15 is 0 Å². The molecule has 5 nitrogen and oxygen atoms in total. The van der Waals surface area contributed by atoms with Crippen LogP contribution in [-0.4, -0.2) is 60.1 Å². The van der Waals surface area contributed by atoms with Crippen molar-refractivity contribution in [2.24, 2.45) is 5.41 Å². The van der Waals surface area contributed by atoms with E-state index in [1.165, 1.54) is 11.1 Å². The second-order valence-corrected chi connectivity index (χ2v) is 8.47. The summed E-state index contributed by atoms with van der Waals surface area (Å²) in [6, 6.07) is 12.2. The summed E-state index contributed by atoms with van der Waals surface area (Å²) in [6.07, 6.45) is 6.75. The Kier molecular flexibility index (Phi) is 6.26. The molecule has 0 saturated carbocycles. The molecule has 2 fully saturated rings. The highest BCUT2D eigenvalue weighted by molar-refractivity contribution is 5.94. The predicted octanol–water partition coefficient (Wildman–Crippen LogP) is 3.40. The average molecular weight is 394 g/mol. The molecule has 1 spiro atoms. The van der Waals surface area contributed by atoms with E-state index < -0.39 is 0 Å². The number of aromatic nitrogens is 1. The van der Waals surface area contributed by atoms with Gasteiger partial charge in [-0.15, -0.1) is 0 Å². The minimum atomic E-state index is 0.140. The van der Waals surface area contributed by atoms with Crippen LogP contribution in [0.3, 0.4) is 0 Å². The molecule has 2 aliphatic heterocycles. The van der Waals surface area contributed by atoms with E-state index in [2.05, 4.69) is 35.0 Å². The highest BCUT2D eigenvalue weighted by atomic mass is 16.5. The second-order valence-electron chi connectivity index (χ2n) is 8.47. The van der Waals surface area contributed by atoms with Crippen LogP contribution in [0.15, 0.2) is 48.8 Å². The second kappa shape index (κ2) is 9.06. The molecule has 0 aliphatic carbocycles. The number of likely N-dealkylation sites (tertiary alicyclic amines) is 1. The first-order chi connectivity index (χ1) is 14.2. The Morgan fingerprint density at radius 2 is 1.90 bits per heavy atom. The highest BCUT2D eigenvalue weighted by Crippen LogP contribution is 2.35. The number of piperidine rings is 1. The van der Waals surface area contributed by atoms with Crippen molar-refractivity contribution in [1.82, 2.24) is 14.8 Å². The lowest BCUT2D eigenvalue weighted by Crippen LogP contribution is -2.48. The van der Waals surface area contributed by atoms with E-state index in [1.807, 2.05) is 35.5 Å². The minimum Gasteiger partial charge on any atom is -0.379 e. The first kappa shape index (κ1) is 20.0. The van der Waals surface area contributed by atoms with Crippen LogP contribution in [0.4, 0.5) is 0 Å². The number of nitrogens with zero attached hydrogens (tertiary/aromatic N) is 3. The zero-order valence-electron chi connectivity index (χ0n) is 17.3. The summed E-state index contributed by atoms with van der Waals surface area (Å²) in [6.45, 7) is 8.19. The fourth-order valence-electron chi connectivity index (χ4n) is 4.52. The Morgan fingerprint density at radius 1 is 1.10 bits per heavy atom. The van der Waals surface area contributed by atoms with Crippen molar-refractivity contribution in [3.05, 3.63) is 65.5 Å². The van der Waals surface area contributed by atoms with Crippen LogP contribution >= 0.6 is 0 Å². The lowest BCUT2D eigenvalue weighted by atomic mass is 9.78. The molecule has 1 amide bonds. The monoisotopic (exact) mass is 393 g/mol. The van der Waals surface area contributed by atoms with E-state index in [4.69, 9.17) is 4.74 Å². The summed E-state index contributed by atoms with van der Waals surface area (Å²) < 4.78 is 6.00.